The van der Waals surface area contributed by atoms with Crippen LogP contribution in [0, 0.1) is 0 Å². The van der Waals surface area contributed by atoms with Crippen molar-refractivity contribution in [2.75, 3.05) is 12.3 Å². The van der Waals surface area contributed by atoms with Gasteiger partial charge in [-0.05, 0) is 16.9 Å². The van der Waals surface area contributed by atoms with Gasteiger partial charge in [-0.3, -0.25) is 4.98 Å². The van der Waals surface area contributed by atoms with E-state index >= 15 is 0 Å². The second-order valence-electron chi connectivity index (χ2n) is 3.46. The predicted molar refractivity (Wildman–Crippen MR) is 63.5 cm³/mol. The Hall–Kier alpha value is -0.540. The van der Waals surface area contributed by atoms with Gasteiger partial charge in [-0.2, -0.15) is 11.8 Å². The minimum absolute atomic E-state index is 0.732. The third kappa shape index (κ3) is 5.25. The minimum atomic E-state index is 0.732. The second-order valence-corrected chi connectivity index (χ2v) is 5.14. The molecule has 0 saturated heterocycles. The Bertz CT molecular complexity index is 236. The van der Waals surface area contributed by atoms with Gasteiger partial charge in [-0.1, -0.05) is 19.9 Å². The van der Waals surface area contributed by atoms with Crippen molar-refractivity contribution in [1.29, 1.82) is 0 Å². The van der Waals surface area contributed by atoms with E-state index in [2.05, 4.69) is 30.2 Å². The maximum Gasteiger partial charge on any atom is 0.0312 e. The lowest BCUT2D eigenvalue weighted by atomic mass is 10.3. The Labute approximate surface area is 90.5 Å². The zero-order valence-electron chi connectivity index (χ0n) is 8.86. The summed E-state index contributed by atoms with van der Waals surface area (Å²) in [5, 5.41) is 4.13. The van der Waals surface area contributed by atoms with Crippen molar-refractivity contribution in [3.8, 4) is 0 Å². The highest BCUT2D eigenvalue weighted by molar-refractivity contribution is 7.99. The first-order chi connectivity index (χ1) is 6.79. The molecule has 0 aliphatic carbocycles. The Kier molecular flexibility index (Phi) is 5.64. The van der Waals surface area contributed by atoms with Gasteiger partial charge in [0.15, 0.2) is 0 Å². The first-order valence-electron chi connectivity index (χ1n) is 5.00. The molecule has 0 fully saturated rings. The summed E-state index contributed by atoms with van der Waals surface area (Å²) >= 11 is 1.99. The van der Waals surface area contributed by atoms with Crippen molar-refractivity contribution in [3.05, 3.63) is 30.1 Å². The molecule has 3 heteroatoms. The molecule has 1 heterocycles. The maximum atomic E-state index is 4.07. The predicted octanol–water partition coefficient (Wildman–Crippen LogP) is 2.31. The van der Waals surface area contributed by atoms with Crippen LogP contribution in [0.4, 0.5) is 0 Å². The minimum Gasteiger partial charge on any atom is -0.312 e. The largest absolute Gasteiger partial charge is 0.312 e. The van der Waals surface area contributed by atoms with Crippen LogP contribution in [-0.4, -0.2) is 22.5 Å². The molecule has 0 radical (unpaired) electrons. The molecule has 2 nitrogen and oxygen atoms in total. The van der Waals surface area contributed by atoms with Crippen LogP contribution in [0.2, 0.25) is 0 Å². The molecule has 78 valence electrons. The molecule has 14 heavy (non-hydrogen) atoms. The van der Waals surface area contributed by atoms with Gasteiger partial charge in [0.2, 0.25) is 0 Å². The van der Waals surface area contributed by atoms with Gasteiger partial charge in [0.25, 0.3) is 0 Å². The highest BCUT2D eigenvalue weighted by Crippen LogP contribution is 2.07. The summed E-state index contributed by atoms with van der Waals surface area (Å²) in [4.78, 5) is 4.07. The van der Waals surface area contributed by atoms with Gasteiger partial charge in [0.05, 0.1) is 0 Å². The summed E-state index contributed by atoms with van der Waals surface area (Å²) in [6, 6.07) is 4.06. The number of rotatable bonds is 6. The van der Waals surface area contributed by atoms with Gasteiger partial charge >= 0.3 is 0 Å². The topological polar surface area (TPSA) is 24.9 Å². The van der Waals surface area contributed by atoms with E-state index in [1.807, 2.05) is 24.0 Å². The molecule has 0 atom stereocenters. The van der Waals surface area contributed by atoms with Gasteiger partial charge in [0, 0.05) is 31.2 Å². The van der Waals surface area contributed by atoms with Crippen LogP contribution >= 0.6 is 11.8 Å². The van der Waals surface area contributed by atoms with Crippen molar-refractivity contribution >= 4 is 11.8 Å². The van der Waals surface area contributed by atoms with Crippen LogP contribution in [0.1, 0.15) is 19.4 Å². The number of hydrogen-bond donors (Lipinski definition) is 1. The van der Waals surface area contributed by atoms with Gasteiger partial charge in [0.1, 0.15) is 0 Å². The van der Waals surface area contributed by atoms with Crippen molar-refractivity contribution in [2.24, 2.45) is 0 Å². The Morgan fingerprint density at radius 1 is 1.50 bits per heavy atom. The van der Waals surface area contributed by atoms with E-state index in [9.17, 15) is 0 Å². The fraction of sp³-hybridized carbons (Fsp3) is 0.545. The van der Waals surface area contributed by atoms with Gasteiger partial charge < -0.3 is 5.32 Å². The Balaban J connectivity index is 2.05. The molecule has 0 amide bonds. The molecule has 0 spiro atoms. The molecular weight excluding hydrogens is 192 g/mol. The first kappa shape index (κ1) is 11.5. The van der Waals surface area contributed by atoms with E-state index in [-0.39, 0.29) is 0 Å². The monoisotopic (exact) mass is 210 g/mol. The van der Waals surface area contributed by atoms with E-state index in [1.165, 1.54) is 11.3 Å². The average molecular weight is 210 g/mol. The first-order valence-corrected chi connectivity index (χ1v) is 6.05. The standard InChI is InChI=1S/C11H18N2S/c1-10(2)14-7-6-13-9-11-4-3-5-12-8-11/h3-5,8,10,13H,6-7,9H2,1-2H3. The molecular formula is C11H18N2S. The van der Waals surface area contributed by atoms with Crippen LogP contribution in [-0.2, 0) is 6.54 Å². The molecule has 0 aliphatic heterocycles. The van der Waals surface area contributed by atoms with Crippen molar-refractivity contribution < 1.29 is 0 Å². The van der Waals surface area contributed by atoms with Crippen LogP contribution < -0.4 is 5.32 Å². The maximum absolute atomic E-state index is 4.07. The SMILES string of the molecule is CC(C)SCCNCc1cccnc1. The van der Waals surface area contributed by atoms with E-state index in [0.29, 0.717) is 0 Å². The average Bonchev–Trinajstić information content (AvgIpc) is 2.18. The Morgan fingerprint density at radius 3 is 3.00 bits per heavy atom. The van der Waals surface area contributed by atoms with Gasteiger partial charge in [-0.15, -0.1) is 0 Å². The zero-order valence-corrected chi connectivity index (χ0v) is 9.68. The fourth-order valence-electron chi connectivity index (χ4n) is 1.10. The number of nitrogens with zero attached hydrogens (tertiary/aromatic N) is 1. The second kappa shape index (κ2) is 6.85. The smallest absolute Gasteiger partial charge is 0.0312 e. The highest BCUT2D eigenvalue weighted by Gasteiger charge is 1.94. The van der Waals surface area contributed by atoms with Crippen molar-refractivity contribution in [2.45, 2.75) is 25.6 Å². The molecule has 0 aromatic carbocycles. The third-order valence-electron chi connectivity index (χ3n) is 1.78. The fourth-order valence-corrected chi connectivity index (χ4v) is 1.84. The van der Waals surface area contributed by atoms with Crippen molar-refractivity contribution in [1.82, 2.24) is 10.3 Å². The summed E-state index contributed by atoms with van der Waals surface area (Å²) in [5.74, 6) is 1.18. The lowest BCUT2D eigenvalue weighted by Crippen LogP contribution is -2.17. The summed E-state index contributed by atoms with van der Waals surface area (Å²) < 4.78 is 0. The van der Waals surface area contributed by atoms with Crippen LogP contribution in [0.5, 0.6) is 0 Å². The quantitative estimate of drug-likeness (QED) is 0.729. The molecule has 0 bridgehead atoms. The van der Waals surface area contributed by atoms with E-state index in [0.717, 1.165) is 18.3 Å². The summed E-state index contributed by atoms with van der Waals surface area (Å²) in [5.41, 5.74) is 1.25. The molecule has 0 unspecified atom stereocenters. The van der Waals surface area contributed by atoms with E-state index in [1.54, 1.807) is 6.20 Å². The van der Waals surface area contributed by atoms with E-state index in [4.69, 9.17) is 0 Å². The highest BCUT2D eigenvalue weighted by atomic mass is 32.2. The lowest BCUT2D eigenvalue weighted by molar-refractivity contribution is 0.729. The molecule has 0 aliphatic rings. The number of aromatic nitrogens is 1. The third-order valence-corrected chi connectivity index (χ3v) is 2.89. The normalized spacial score (nSPS) is 10.8. The van der Waals surface area contributed by atoms with Crippen LogP contribution in [0.25, 0.3) is 0 Å². The van der Waals surface area contributed by atoms with E-state index < -0.39 is 0 Å². The number of nitrogens with one attached hydrogen (secondary N) is 1. The summed E-state index contributed by atoms with van der Waals surface area (Å²) in [6.45, 7) is 6.45. The molecule has 1 N–H and O–H groups in total. The lowest BCUT2D eigenvalue weighted by Gasteiger charge is -2.06. The van der Waals surface area contributed by atoms with Crippen LogP contribution in [0.15, 0.2) is 24.5 Å². The number of hydrogen-bond acceptors (Lipinski definition) is 3. The summed E-state index contributed by atoms with van der Waals surface area (Å²) in [6.07, 6.45) is 3.71. The molecule has 0 saturated carbocycles. The summed E-state index contributed by atoms with van der Waals surface area (Å²) in [7, 11) is 0. The molecule has 1 aromatic heterocycles. The number of pyridine rings is 1. The van der Waals surface area contributed by atoms with Crippen LogP contribution in [0.3, 0.4) is 0 Å². The Morgan fingerprint density at radius 2 is 2.36 bits per heavy atom. The molecule has 1 rings (SSSR count). The number of thioether (sulfide) groups is 1. The zero-order chi connectivity index (χ0) is 10.2. The van der Waals surface area contributed by atoms with Crippen molar-refractivity contribution in [3.63, 3.8) is 0 Å². The van der Waals surface area contributed by atoms with Gasteiger partial charge in [-0.25, -0.2) is 0 Å². The molecule has 1 aromatic rings.